The minimum Gasteiger partial charge on any atom is -0.415 e. The average Bonchev–Trinajstić information content (AvgIpc) is 2.38. The van der Waals surface area contributed by atoms with Gasteiger partial charge in [-0.3, -0.25) is 4.79 Å². The summed E-state index contributed by atoms with van der Waals surface area (Å²) in [6.07, 6.45) is 5.04. The Morgan fingerprint density at radius 3 is 2.27 bits per heavy atom. The Morgan fingerprint density at radius 2 is 1.82 bits per heavy atom. The first-order chi connectivity index (χ1) is 10.0. The topological polar surface area (TPSA) is 64.3 Å². The van der Waals surface area contributed by atoms with Crippen LogP contribution in [0.3, 0.4) is 0 Å². The van der Waals surface area contributed by atoms with Crippen LogP contribution < -0.4 is 11.1 Å². The number of carbonyl (C=O) groups is 1. The van der Waals surface area contributed by atoms with Crippen LogP contribution in [-0.4, -0.2) is 32.9 Å². The molecule has 0 aromatic carbocycles. The third kappa shape index (κ3) is 8.29. The van der Waals surface area contributed by atoms with E-state index >= 15 is 0 Å². The monoisotopic (exact) mass is 330 g/mol. The van der Waals surface area contributed by atoms with Crippen molar-refractivity contribution in [2.75, 3.05) is 6.61 Å². The van der Waals surface area contributed by atoms with Gasteiger partial charge >= 0.3 is 0 Å². The summed E-state index contributed by atoms with van der Waals surface area (Å²) in [5.74, 6) is 0.0947. The zero-order valence-corrected chi connectivity index (χ0v) is 16.8. The minimum absolute atomic E-state index is 0.0947. The van der Waals surface area contributed by atoms with Gasteiger partial charge < -0.3 is 15.5 Å². The maximum Gasteiger partial charge on any atom is 0.220 e. The molecule has 1 amide bonds. The Morgan fingerprint density at radius 1 is 1.23 bits per heavy atom. The van der Waals surface area contributed by atoms with Crippen molar-refractivity contribution < 1.29 is 9.22 Å². The number of nitrogens with two attached hydrogens (primary N) is 1. The minimum atomic E-state index is -1.81. The normalized spacial score (nSPS) is 15.5. The second-order valence-corrected chi connectivity index (χ2v) is 12.7. The second kappa shape index (κ2) is 9.68. The van der Waals surface area contributed by atoms with Crippen LogP contribution in [0.4, 0.5) is 0 Å². The molecule has 5 heteroatoms. The third-order valence-electron chi connectivity index (χ3n) is 4.67. The quantitative estimate of drug-likeness (QED) is 0.473. The molecule has 132 valence electrons. The number of amides is 1. The van der Waals surface area contributed by atoms with Gasteiger partial charge in [-0.1, -0.05) is 47.0 Å². The number of rotatable bonds is 10. The van der Waals surface area contributed by atoms with E-state index in [1.165, 1.54) is 12.8 Å². The van der Waals surface area contributed by atoms with Crippen LogP contribution in [0, 0.1) is 0 Å². The molecule has 0 aliphatic carbocycles. The van der Waals surface area contributed by atoms with Gasteiger partial charge in [0, 0.05) is 12.5 Å². The maximum atomic E-state index is 12.0. The molecule has 22 heavy (non-hydrogen) atoms. The Bertz CT molecular complexity index is 325. The Balaban J connectivity index is 4.35. The highest BCUT2D eigenvalue weighted by Crippen LogP contribution is 2.36. The van der Waals surface area contributed by atoms with Gasteiger partial charge in [0.2, 0.25) is 5.91 Å². The molecule has 0 saturated carbocycles. The predicted molar refractivity (Wildman–Crippen MR) is 97.5 cm³/mol. The average molecular weight is 331 g/mol. The van der Waals surface area contributed by atoms with E-state index in [1.807, 2.05) is 6.92 Å². The highest BCUT2D eigenvalue weighted by atomic mass is 28.4. The van der Waals surface area contributed by atoms with Crippen molar-refractivity contribution in [3.63, 3.8) is 0 Å². The van der Waals surface area contributed by atoms with E-state index in [1.54, 1.807) is 0 Å². The summed E-state index contributed by atoms with van der Waals surface area (Å²) in [7, 11) is -1.81. The summed E-state index contributed by atoms with van der Waals surface area (Å²) >= 11 is 0. The van der Waals surface area contributed by atoms with Crippen molar-refractivity contribution in [3.05, 3.63) is 0 Å². The van der Waals surface area contributed by atoms with E-state index in [4.69, 9.17) is 10.2 Å². The number of hydrogen-bond acceptors (Lipinski definition) is 3. The molecule has 0 fully saturated rings. The molecule has 0 saturated heterocycles. The molecule has 0 aromatic rings. The first-order valence-electron chi connectivity index (χ1n) is 8.70. The van der Waals surface area contributed by atoms with Gasteiger partial charge in [0.15, 0.2) is 8.32 Å². The number of unbranched alkanes of at least 4 members (excludes halogenated alkanes) is 3. The first kappa shape index (κ1) is 21.6. The van der Waals surface area contributed by atoms with E-state index in [-0.39, 0.29) is 23.0 Å². The Labute approximate surface area is 138 Å². The third-order valence-corrected chi connectivity index (χ3v) is 9.17. The lowest BCUT2D eigenvalue weighted by molar-refractivity contribution is -0.122. The van der Waals surface area contributed by atoms with Crippen molar-refractivity contribution in [2.24, 2.45) is 5.73 Å². The highest BCUT2D eigenvalue weighted by Gasteiger charge is 2.37. The van der Waals surface area contributed by atoms with Crippen molar-refractivity contribution in [1.29, 1.82) is 0 Å². The van der Waals surface area contributed by atoms with E-state index in [0.29, 0.717) is 13.0 Å². The number of hydrogen-bond donors (Lipinski definition) is 2. The number of nitrogens with one attached hydrogen (secondary N) is 1. The molecule has 0 aliphatic heterocycles. The first-order valence-corrected chi connectivity index (χ1v) is 11.6. The molecule has 3 N–H and O–H groups in total. The van der Waals surface area contributed by atoms with Gasteiger partial charge in [0.1, 0.15) is 0 Å². The summed E-state index contributed by atoms with van der Waals surface area (Å²) in [4.78, 5) is 12.0. The Hall–Kier alpha value is -0.393. The maximum absolute atomic E-state index is 12.0. The van der Waals surface area contributed by atoms with E-state index < -0.39 is 8.32 Å². The van der Waals surface area contributed by atoms with Crippen molar-refractivity contribution in [1.82, 2.24) is 5.32 Å². The summed E-state index contributed by atoms with van der Waals surface area (Å²) in [6.45, 7) is 15.7. The fourth-order valence-corrected chi connectivity index (χ4v) is 2.86. The molecular formula is C17H38N2O2Si. The summed E-state index contributed by atoms with van der Waals surface area (Å²) in [5.41, 5.74) is 6.02. The zero-order chi connectivity index (χ0) is 17.4. The fourth-order valence-electron chi connectivity index (χ4n) is 1.83. The zero-order valence-electron chi connectivity index (χ0n) is 15.8. The van der Waals surface area contributed by atoms with Gasteiger partial charge in [0.05, 0.1) is 12.6 Å². The molecule has 4 nitrogen and oxygen atoms in total. The molecule has 0 rings (SSSR count). The molecule has 0 heterocycles. The smallest absolute Gasteiger partial charge is 0.220 e. The van der Waals surface area contributed by atoms with Crippen LogP contribution in [0.5, 0.6) is 0 Å². The molecule has 0 bridgehead atoms. The molecule has 0 aromatic heterocycles. The SMILES string of the molecule is CCCCCCC(=O)N[C@@H](CO[Si](C)(C)C(C)(C)C)[C@@H](C)N. The van der Waals surface area contributed by atoms with E-state index in [9.17, 15) is 4.79 Å². The van der Waals surface area contributed by atoms with Crippen molar-refractivity contribution in [2.45, 2.75) is 96.9 Å². The van der Waals surface area contributed by atoms with Crippen LogP contribution in [0.15, 0.2) is 0 Å². The van der Waals surface area contributed by atoms with Gasteiger partial charge in [0.25, 0.3) is 0 Å². The molecule has 0 unspecified atom stereocenters. The van der Waals surface area contributed by atoms with Crippen LogP contribution in [0.25, 0.3) is 0 Å². The van der Waals surface area contributed by atoms with Crippen molar-refractivity contribution in [3.8, 4) is 0 Å². The van der Waals surface area contributed by atoms with Crippen LogP contribution in [0.1, 0.15) is 66.7 Å². The molecule has 0 aliphatic rings. The number of carbonyl (C=O) groups excluding carboxylic acids is 1. The molecule has 2 atom stereocenters. The lowest BCUT2D eigenvalue weighted by Gasteiger charge is -2.38. The van der Waals surface area contributed by atoms with Gasteiger partial charge in [-0.05, 0) is 31.5 Å². The molecule has 0 spiro atoms. The Kier molecular flexibility index (Phi) is 9.51. The largest absolute Gasteiger partial charge is 0.415 e. The fraction of sp³-hybridized carbons (Fsp3) is 0.941. The lowest BCUT2D eigenvalue weighted by atomic mass is 10.1. The summed E-state index contributed by atoms with van der Waals surface area (Å²) in [5, 5.41) is 3.22. The van der Waals surface area contributed by atoms with E-state index in [2.05, 4.69) is 46.1 Å². The van der Waals surface area contributed by atoms with Crippen LogP contribution in [0.2, 0.25) is 18.1 Å². The van der Waals surface area contributed by atoms with Gasteiger partial charge in [-0.15, -0.1) is 0 Å². The van der Waals surface area contributed by atoms with Crippen LogP contribution >= 0.6 is 0 Å². The van der Waals surface area contributed by atoms with Crippen LogP contribution in [-0.2, 0) is 9.22 Å². The second-order valence-electron chi connectivity index (χ2n) is 7.92. The molecular weight excluding hydrogens is 292 g/mol. The molecule has 0 radical (unpaired) electrons. The van der Waals surface area contributed by atoms with E-state index in [0.717, 1.165) is 12.8 Å². The highest BCUT2D eigenvalue weighted by molar-refractivity contribution is 6.74. The van der Waals surface area contributed by atoms with Crippen molar-refractivity contribution >= 4 is 14.2 Å². The predicted octanol–water partition coefficient (Wildman–Crippen LogP) is 3.81. The summed E-state index contributed by atoms with van der Waals surface area (Å²) in [6, 6.07) is -0.211. The lowest BCUT2D eigenvalue weighted by Crippen LogP contribution is -2.52. The van der Waals surface area contributed by atoms with Gasteiger partial charge in [-0.2, -0.15) is 0 Å². The summed E-state index contributed by atoms with van der Waals surface area (Å²) < 4.78 is 6.21. The van der Waals surface area contributed by atoms with Gasteiger partial charge in [-0.25, -0.2) is 0 Å². The standard InChI is InChI=1S/C17H38N2O2Si/c1-8-9-10-11-12-16(20)19-15(14(2)18)13-21-22(6,7)17(3,4)5/h14-15H,8-13,18H2,1-7H3,(H,19,20)/t14-,15+/m1/s1.